The molecule has 3 heterocycles. The van der Waals surface area contributed by atoms with Crippen LogP contribution in [0.2, 0.25) is 0 Å². The van der Waals surface area contributed by atoms with Crippen molar-refractivity contribution in [3.05, 3.63) is 59.7 Å². The molecule has 0 saturated heterocycles. The highest BCUT2D eigenvalue weighted by Crippen LogP contribution is 2.35. The number of nitrogens with zero attached hydrogens (tertiary/aromatic N) is 2. The molecule has 5 rings (SSSR count). The van der Waals surface area contributed by atoms with Gasteiger partial charge in [-0.1, -0.05) is 25.1 Å². The number of H-pyrrole nitrogens is 2. The van der Waals surface area contributed by atoms with E-state index in [1.54, 1.807) is 30.5 Å². The zero-order chi connectivity index (χ0) is 21.5. The number of aromatic hydroxyl groups is 1. The van der Waals surface area contributed by atoms with Crippen LogP contribution >= 0.6 is 0 Å². The van der Waals surface area contributed by atoms with E-state index in [4.69, 9.17) is 0 Å². The van der Waals surface area contributed by atoms with Gasteiger partial charge >= 0.3 is 0 Å². The number of aromatic amines is 2. The second kappa shape index (κ2) is 7.64. The third-order valence-electron chi connectivity index (χ3n) is 5.74. The zero-order valence-electron chi connectivity index (χ0n) is 16.9. The average molecular weight is 419 g/mol. The molecule has 5 N–H and O–H groups in total. The van der Waals surface area contributed by atoms with Crippen LogP contribution in [0.25, 0.3) is 39.1 Å². The van der Waals surface area contributed by atoms with Crippen molar-refractivity contribution in [2.45, 2.75) is 19.4 Å². The Morgan fingerprint density at radius 1 is 1.19 bits per heavy atom. The van der Waals surface area contributed by atoms with Crippen LogP contribution in [0, 0.1) is 5.82 Å². The maximum Gasteiger partial charge on any atom is 0.159 e. The number of fused-ring (bicyclic) bond motifs is 1. The minimum absolute atomic E-state index is 0.0397. The van der Waals surface area contributed by atoms with E-state index < -0.39 is 5.82 Å². The Morgan fingerprint density at radius 3 is 2.81 bits per heavy atom. The number of phenols is 1. The molecule has 0 saturated carbocycles. The monoisotopic (exact) mass is 419 g/mol. The molecule has 4 aromatic rings. The maximum absolute atomic E-state index is 15.4. The minimum Gasteiger partial charge on any atom is -0.508 e. The summed E-state index contributed by atoms with van der Waals surface area (Å²) < 4.78 is 15.4. The molecule has 0 amide bonds. The predicted molar refractivity (Wildman–Crippen MR) is 117 cm³/mol. The third-order valence-corrected chi connectivity index (χ3v) is 5.74. The number of benzene rings is 2. The van der Waals surface area contributed by atoms with Gasteiger partial charge in [0.2, 0.25) is 0 Å². The predicted octanol–water partition coefficient (Wildman–Crippen LogP) is 3.37. The first-order chi connectivity index (χ1) is 15.1. The van der Waals surface area contributed by atoms with Gasteiger partial charge in [-0.05, 0) is 41.3 Å². The van der Waals surface area contributed by atoms with Gasteiger partial charge in [-0.25, -0.2) is 9.37 Å². The summed E-state index contributed by atoms with van der Waals surface area (Å²) in [5, 5.41) is 30.0. The van der Waals surface area contributed by atoms with Crippen LogP contribution in [-0.4, -0.2) is 49.6 Å². The Hall–Kier alpha value is -3.49. The van der Waals surface area contributed by atoms with Gasteiger partial charge < -0.3 is 20.5 Å². The molecular formula is C23H22FN5O2. The fourth-order valence-electron chi connectivity index (χ4n) is 4.09. The Bertz CT molecular complexity index is 1310. The molecule has 0 aliphatic carbocycles. The normalized spacial score (nSPS) is 16.2. The van der Waals surface area contributed by atoms with Gasteiger partial charge in [-0.2, -0.15) is 5.10 Å². The van der Waals surface area contributed by atoms with Crippen molar-refractivity contribution in [2.24, 2.45) is 0 Å². The summed E-state index contributed by atoms with van der Waals surface area (Å²) in [4.78, 5) is 7.71. The van der Waals surface area contributed by atoms with Crippen LogP contribution in [0.4, 0.5) is 4.39 Å². The van der Waals surface area contributed by atoms with Crippen molar-refractivity contribution in [3.63, 3.8) is 0 Å². The molecule has 0 fully saturated rings. The number of nitrogens with one attached hydrogen (secondary N) is 3. The Morgan fingerprint density at radius 2 is 2.03 bits per heavy atom. The van der Waals surface area contributed by atoms with Gasteiger partial charge in [0.15, 0.2) is 11.6 Å². The molecule has 2 aromatic heterocycles. The molecule has 0 bridgehead atoms. The van der Waals surface area contributed by atoms with E-state index in [0.29, 0.717) is 35.4 Å². The standard InChI is InChI=1S/C23H22FN5O2/c1-2-12-8-15(31)3-4-16(12)17-5-6-18-21(20(17)24)28-29-22(18)23-26-10-19(27-23)13-7-14(11-30)25-9-13/h3-8,10,14,25,30-31H,2,9,11H2,1H3,(H,26,27)(H,28,29)/t14-/m0/s1. The number of hydrogen-bond acceptors (Lipinski definition) is 5. The molecule has 0 spiro atoms. The lowest BCUT2D eigenvalue weighted by atomic mass is 9.96. The molecule has 7 nitrogen and oxygen atoms in total. The SMILES string of the molecule is CCc1cc(O)ccc1-c1ccc2c(-c3ncc(C4=C[C@@H](CO)NC4)[nH]3)[nH]nc2c1F. The van der Waals surface area contributed by atoms with Gasteiger partial charge in [-0.15, -0.1) is 0 Å². The van der Waals surface area contributed by atoms with Gasteiger partial charge in [0.25, 0.3) is 0 Å². The van der Waals surface area contributed by atoms with Crippen LogP contribution in [0.3, 0.4) is 0 Å². The summed E-state index contributed by atoms with van der Waals surface area (Å²) in [6.07, 6.45) is 4.37. The van der Waals surface area contributed by atoms with Gasteiger partial charge in [-0.3, -0.25) is 5.10 Å². The molecule has 2 aromatic carbocycles. The van der Waals surface area contributed by atoms with E-state index >= 15 is 4.39 Å². The second-order valence-corrected chi connectivity index (χ2v) is 7.62. The molecule has 1 aliphatic heterocycles. The summed E-state index contributed by atoms with van der Waals surface area (Å²) in [6, 6.07) is 8.46. The lowest BCUT2D eigenvalue weighted by Gasteiger charge is -2.10. The molecule has 0 radical (unpaired) electrons. The number of halogens is 1. The average Bonchev–Trinajstić information content (AvgIpc) is 3.52. The third kappa shape index (κ3) is 3.30. The molecule has 1 atom stereocenters. The Labute approximate surface area is 177 Å². The number of rotatable bonds is 5. The molecule has 31 heavy (non-hydrogen) atoms. The van der Waals surface area contributed by atoms with Gasteiger partial charge in [0.05, 0.1) is 18.5 Å². The number of hydrogen-bond donors (Lipinski definition) is 5. The maximum atomic E-state index is 15.4. The number of phenolic OH excluding ortho intramolecular Hbond substituents is 1. The van der Waals surface area contributed by atoms with E-state index in [-0.39, 0.29) is 23.9 Å². The topological polar surface area (TPSA) is 110 Å². The van der Waals surface area contributed by atoms with Crippen LogP contribution in [0.15, 0.2) is 42.6 Å². The van der Waals surface area contributed by atoms with Crippen molar-refractivity contribution < 1.29 is 14.6 Å². The van der Waals surface area contributed by atoms with E-state index in [2.05, 4.69) is 25.5 Å². The fourth-order valence-corrected chi connectivity index (χ4v) is 4.09. The highest BCUT2D eigenvalue weighted by Gasteiger charge is 2.20. The number of aliphatic hydroxyl groups is 1. The van der Waals surface area contributed by atoms with E-state index in [9.17, 15) is 10.2 Å². The van der Waals surface area contributed by atoms with Crippen LogP contribution in [-0.2, 0) is 6.42 Å². The smallest absolute Gasteiger partial charge is 0.159 e. The number of aliphatic hydroxyl groups excluding tert-OH is 1. The lowest BCUT2D eigenvalue weighted by Crippen LogP contribution is -2.25. The van der Waals surface area contributed by atoms with Crippen LogP contribution < -0.4 is 5.32 Å². The second-order valence-electron chi connectivity index (χ2n) is 7.62. The molecule has 158 valence electrons. The van der Waals surface area contributed by atoms with Crippen LogP contribution in [0.5, 0.6) is 5.75 Å². The van der Waals surface area contributed by atoms with E-state index in [1.807, 2.05) is 19.1 Å². The van der Waals surface area contributed by atoms with Crippen LogP contribution in [0.1, 0.15) is 18.2 Å². The summed E-state index contributed by atoms with van der Waals surface area (Å²) in [5.41, 5.74) is 4.76. The largest absolute Gasteiger partial charge is 0.508 e. The van der Waals surface area contributed by atoms with Crippen molar-refractivity contribution in [2.75, 3.05) is 13.2 Å². The first-order valence-corrected chi connectivity index (χ1v) is 10.2. The summed E-state index contributed by atoms with van der Waals surface area (Å²) in [6.45, 7) is 2.65. The minimum atomic E-state index is -0.416. The van der Waals surface area contributed by atoms with Crippen molar-refractivity contribution in [1.29, 1.82) is 0 Å². The Balaban J connectivity index is 1.54. The van der Waals surface area contributed by atoms with Gasteiger partial charge in [0, 0.05) is 23.5 Å². The first-order valence-electron chi connectivity index (χ1n) is 10.2. The number of aryl methyl sites for hydroxylation is 1. The summed E-state index contributed by atoms with van der Waals surface area (Å²) in [5.74, 6) is 0.313. The fraction of sp³-hybridized carbons (Fsp3) is 0.217. The number of aromatic nitrogens is 4. The highest BCUT2D eigenvalue weighted by molar-refractivity contribution is 5.95. The van der Waals surface area contributed by atoms with Crippen molar-refractivity contribution in [3.8, 4) is 28.4 Å². The molecule has 1 aliphatic rings. The zero-order valence-corrected chi connectivity index (χ0v) is 16.9. The first kappa shape index (κ1) is 19.5. The van der Waals surface area contributed by atoms with E-state index in [0.717, 1.165) is 22.4 Å². The lowest BCUT2D eigenvalue weighted by molar-refractivity contribution is 0.271. The van der Waals surface area contributed by atoms with E-state index in [1.165, 1.54) is 0 Å². The number of imidazole rings is 1. The Kier molecular flexibility index (Phi) is 4.80. The highest BCUT2D eigenvalue weighted by atomic mass is 19.1. The molecule has 0 unspecified atom stereocenters. The summed E-state index contributed by atoms with van der Waals surface area (Å²) >= 11 is 0. The molecule has 8 heteroatoms. The van der Waals surface area contributed by atoms with Gasteiger partial charge in [0.1, 0.15) is 17.0 Å². The summed E-state index contributed by atoms with van der Waals surface area (Å²) in [7, 11) is 0. The van der Waals surface area contributed by atoms with Crippen molar-refractivity contribution in [1.82, 2.24) is 25.5 Å². The quantitative estimate of drug-likeness (QED) is 0.341. The van der Waals surface area contributed by atoms with Crippen molar-refractivity contribution >= 4 is 16.5 Å². The molecular weight excluding hydrogens is 397 g/mol.